The number of nitrogens with zero attached hydrogens (tertiary/aromatic N) is 2. The Morgan fingerprint density at radius 2 is 1.91 bits per heavy atom. The van der Waals surface area contributed by atoms with Crippen molar-refractivity contribution in [1.29, 1.82) is 0 Å². The van der Waals surface area contributed by atoms with Gasteiger partial charge in [-0.15, -0.1) is 10.2 Å². The van der Waals surface area contributed by atoms with Crippen molar-refractivity contribution in [1.82, 2.24) is 10.2 Å². The van der Waals surface area contributed by atoms with Gasteiger partial charge in [-0.25, -0.2) is 4.79 Å². The van der Waals surface area contributed by atoms with Crippen molar-refractivity contribution < 1.29 is 18.7 Å². The molecule has 6 nitrogen and oxygen atoms in total. The largest absolute Gasteiger partial charge is 0.497 e. The fourth-order valence-corrected chi connectivity index (χ4v) is 1.97. The molecule has 0 saturated carbocycles. The summed E-state index contributed by atoms with van der Waals surface area (Å²) in [6.45, 7) is -0.0874. The molecule has 0 radical (unpaired) electrons. The molecule has 0 bridgehead atoms. The number of carbonyl (C=O) groups is 1. The minimum Gasteiger partial charge on any atom is -0.497 e. The third-order valence-electron chi connectivity index (χ3n) is 3.12. The third kappa shape index (κ3) is 3.55. The topological polar surface area (TPSA) is 74.5 Å². The molecule has 0 saturated heterocycles. The molecule has 23 heavy (non-hydrogen) atoms. The van der Waals surface area contributed by atoms with Crippen LogP contribution in [0.1, 0.15) is 16.2 Å². The molecule has 0 unspecified atom stereocenters. The summed E-state index contributed by atoms with van der Waals surface area (Å²) in [4.78, 5) is 12.0. The van der Waals surface area contributed by atoms with E-state index in [2.05, 4.69) is 10.2 Å². The molecular formula is C17H14N2O4. The second-order valence-corrected chi connectivity index (χ2v) is 4.68. The molecule has 6 heteroatoms. The molecule has 0 aliphatic carbocycles. The summed E-state index contributed by atoms with van der Waals surface area (Å²) in [5, 5.41) is 7.81. The number of rotatable bonds is 5. The van der Waals surface area contributed by atoms with Crippen LogP contribution in [-0.4, -0.2) is 23.3 Å². The number of hydrogen-bond donors (Lipinski definition) is 0. The second-order valence-electron chi connectivity index (χ2n) is 4.68. The predicted octanol–water partition coefficient (Wildman–Crippen LogP) is 3.10. The van der Waals surface area contributed by atoms with Crippen LogP contribution in [0.5, 0.6) is 5.75 Å². The van der Waals surface area contributed by atoms with Crippen LogP contribution in [0.25, 0.3) is 11.5 Å². The lowest BCUT2D eigenvalue weighted by Crippen LogP contribution is -2.05. The smallest absolute Gasteiger partial charge is 0.338 e. The van der Waals surface area contributed by atoms with Crippen LogP contribution in [0.3, 0.4) is 0 Å². The van der Waals surface area contributed by atoms with E-state index >= 15 is 0 Å². The molecule has 0 aliphatic rings. The monoisotopic (exact) mass is 310 g/mol. The number of benzene rings is 2. The van der Waals surface area contributed by atoms with Gasteiger partial charge in [-0.3, -0.25) is 0 Å². The van der Waals surface area contributed by atoms with Crippen molar-refractivity contribution in [3.8, 4) is 17.2 Å². The number of esters is 1. The summed E-state index contributed by atoms with van der Waals surface area (Å²) in [5.74, 6) is 0.727. The molecule has 0 atom stereocenters. The highest BCUT2D eigenvalue weighted by molar-refractivity contribution is 5.89. The minimum atomic E-state index is -0.483. The Morgan fingerprint density at radius 3 is 2.70 bits per heavy atom. The Labute approximate surface area is 132 Å². The van der Waals surface area contributed by atoms with E-state index in [9.17, 15) is 4.79 Å². The van der Waals surface area contributed by atoms with Gasteiger partial charge in [-0.05, 0) is 30.3 Å². The molecule has 3 rings (SSSR count). The summed E-state index contributed by atoms with van der Waals surface area (Å²) in [5.41, 5.74) is 1.21. The first-order valence-corrected chi connectivity index (χ1v) is 6.95. The number of ether oxygens (including phenoxy) is 2. The maximum atomic E-state index is 12.0. The van der Waals surface area contributed by atoms with E-state index in [4.69, 9.17) is 13.9 Å². The minimum absolute atomic E-state index is 0.0874. The summed E-state index contributed by atoms with van der Waals surface area (Å²) >= 11 is 0. The first-order chi connectivity index (χ1) is 11.3. The summed E-state index contributed by atoms with van der Waals surface area (Å²) in [7, 11) is 1.54. The van der Waals surface area contributed by atoms with Gasteiger partial charge in [0.1, 0.15) is 5.75 Å². The maximum Gasteiger partial charge on any atom is 0.338 e. The molecule has 0 aliphatic heterocycles. The SMILES string of the molecule is COc1cccc(C(=O)OCc2nnc(-c3ccccc3)o2)c1. The van der Waals surface area contributed by atoms with Gasteiger partial charge in [0.25, 0.3) is 5.89 Å². The van der Waals surface area contributed by atoms with Crippen LogP contribution in [0.4, 0.5) is 0 Å². The lowest BCUT2D eigenvalue weighted by Gasteiger charge is -2.04. The Hall–Kier alpha value is -3.15. The van der Waals surface area contributed by atoms with Crippen molar-refractivity contribution >= 4 is 5.97 Å². The summed E-state index contributed by atoms with van der Waals surface area (Å²) in [6, 6.07) is 16.1. The molecule has 0 fully saturated rings. The normalized spacial score (nSPS) is 10.3. The van der Waals surface area contributed by atoms with Crippen molar-refractivity contribution in [3.63, 3.8) is 0 Å². The average Bonchev–Trinajstić information content (AvgIpc) is 3.09. The predicted molar refractivity (Wildman–Crippen MR) is 81.8 cm³/mol. The fourth-order valence-electron chi connectivity index (χ4n) is 1.97. The molecular weight excluding hydrogens is 296 g/mol. The lowest BCUT2D eigenvalue weighted by molar-refractivity contribution is 0.0438. The fraction of sp³-hybridized carbons (Fsp3) is 0.118. The zero-order valence-electron chi connectivity index (χ0n) is 12.4. The first kappa shape index (κ1) is 14.8. The van der Waals surface area contributed by atoms with Gasteiger partial charge < -0.3 is 13.9 Å². The van der Waals surface area contributed by atoms with Crippen molar-refractivity contribution in [2.24, 2.45) is 0 Å². The van der Waals surface area contributed by atoms with Gasteiger partial charge >= 0.3 is 5.97 Å². The van der Waals surface area contributed by atoms with Gasteiger partial charge in [-0.1, -0.05) is 24.3 Å². The lowest BCUT2D eigenvalue weighted by atomic mass is 10.2. The molecule has 3 aromatic rings. The zero-order chi connectivity index (χ0) is 16.1. The Morgan fingerprint density at radius 1 is 1.09 bits per heavy atom. The molecule has 116 valence electrons. The van der Waals surface area contributed by atoms with E-state index in [0.29, 0.717) is 17.2 Å². The van der Waals surface area contributed by atoms with Gasteiger partial charge in [0.15, 0.2) is 6.61 Å². The molecule has 0 N–H and O–H groups in total. The third-order valence-corrected chi connectivity index (χ3v) is 3.12. The van der Waals surface area contributed by atoms with Crippen LogP contribution in [0, 0.1) is 0 Å². The van der Waals surface area contributed by atoms with Crippen LogP contribution in [0.2, 0.25) is 0 Å². The Kier molecular flexibility index (Phi) is 4.33. The van der Waals surface area contributed by atoms with Crippen molar-refractivity contribution in [3.05, 3.63) is 66.1 Å². The standard InChI is InChI=1S/C17H14N2O4/c1-21-14-9-5-8-13(10-14)17(20)22-11-15-18-19-16(23-15)12-6-3-2-4-7-12/h2-10H,11H2,1H3. The Balaban J connectivity index is 1.64. The molecule has 1 aromatic heterocycles. The van der Waals surface area contributed by atoms with E-state index in [1.165, 1.54) is 7.11 Å². The average molecular weight is 310 g/mol. The van der Waals surface area contributed by atoms with Gasteiger partial charge in [0.2, 0.25) is 5.89 Å². The summed E-state index contributed by atoms with van der Waals surface area (Å²) < 4.78 is 15.7. The summed E-state index contributed by atoms with van der Waals surface area (Å²) in [6.07, 6.45) is 0. The molecule has 0 spiro atoms. The van der Waals surface area contributed by atoms with E-state index in [1.54, 1.807) is 24.3 Å². The quantitative estimate of drug-likeness (QED) is 0.674. The number of hydrogen-bond acceptors (Lipinski definition) is 6. The number of methoxy groups -OCH3 is 1. The highest BCUT2D eigenvalue weighted by Gasteiger charge is 2.12. The number of carbonyl (C=O) groups excluding carboxylic acids is 1. The van der Waals surface area contributed by atoms with Crippen molar-refractivity contribution in [2.75, 3.05) is 7.11 Å². The molecule has 0 amide bonds. The van der Waals surface area contributed by atoms with Gasteiger partial charge in [-0.2, -0.15) is 0 Å². The number of aromatic nitrogens is 2. The van der Waals surface area contributed by atoms with E-state index in [-0.39, 0.29) is 12.5 Å². The second kappa shape index (κ2) is 6.74. The van der Waals surface area contributed by atoms with Crippen LogP contribution < -0.4 is 4.74 Å². The van der Waals surface area contributed by atoms with Crippen LogP contribution in [-0.2, 0) is 11.3 Å². The van der Waals surface area contributed by atoms with Crippen LogP contribution in [0.15, 0.2) is 59.0 Å². The molecule has 1 heterocycles. The van der Waals surface area contributed by atoms with Crippen molar-refractivity contribution in [2.45, 2.75) is 6.61 Å². The molecule has 2 aromatic carbocycles. The first-order valence-electron chi connectivity index (χ1n) is 6.95. The maximum absolute atomic E-state index is 12.0. The van der Waals surface area contributed by atoms with E-state index < -0.39 is 5.97 Å². The zero-order valence-corrected chi connectivity index (χ0v) is 12.4. The van der Waals surface area contributed by atoms with Crippen LogP contribution >= 0.6 is 0 Å². The van der Waals surface area contributed by atoms with Gasteiger partial charge in [0, 0.05) is 5.56 Å². The highest BCUT2D eigenvalue weighted by Crippen LogP contribution is 2.18. The van der Waals surface area contributed by atoms with E-state index in [0.717, 1.165) is 5.56 Å². The van der Waals surface area contributed by atoms with Gasteiger partial charge in [0.05, 0.1) is 12.7 Å². The van der Waals surface area contributed by atoms with E-state index in [1.807, 2.05) is 30.3 Å². The Bertz CT molecular complexity index is 799. The highest BCUT2D eigenvalue weighted by atomic mass is 16.5.